The highest BCUT2D eigenvalue weighted by molar-refractivity contribution is 5.94. The second kappa shape index (κ2) is 7.80. The Bertz CT molecular complexity index is 1190. The average Bonchev–Trinajstić information content (AvgIpc) is 3.12. The van der Waals surface area contributed by atoms with Crippen LogP contribution in [0.5, 0.6) is 5.75 Å². The first kappa shape index (κ1) is 18.7. The molecular weight excluding hydrogens is 364 g/mol. The van der Waals surface area contributed by atoms with E-state index < -0.39 is 0 Å². The molecule has 0 aliphatic heterocycles. The molecule has 0 bridgehead atoms. The predicted octanol–water partition coefficient (Wildman–Crippen LogP) is 5.44. The van der Waals surface area contributed by atoms with Crippen molar-refractivity contribution < 1.29 is 13.9 Å². The summed E-state index contributed by atoms with van der Waals surface area (Å²) < 4.78 is 11.5. The normalized spacial score (nSPS) is 10.9. The maximum atomic E-state index is 12.3. The molecule has 1 aromatic heterocycles. The van der Waals surface area contributed by atoms with Crippen LogP contribution in [0.3, 0.4) is 0 Å². The molecule has 4 rings (SSSR count). The van der Waals surface area contributed by atoms with Gasteiger partial charge in [0, 0.05) is 11.3 Å². The van der Waals surface area contributed by atoms with Crippen LogP contribution in [-0.4, -0.2) is 17.5 Å². The van der Waals surface area contributed by atoms with E-state index in [1.807, 2.05) is 69.3 Å². The van der Waals surface area contributed by atoms with Gasteiger partial charge in [-0.2, -0.15) is 0 Å². The Morgan fingerprint density at radius 1 is 1.00 bits per heavy atom. The summed E-state index contributed by atoms with van der Waals surface area (Å²) in [7, 11) is 0. The second-order valence-corrected chi connectivity index (χ2v) is 7.05. The van der Waals surface area contributed by atoms with E-state index in [9.17, 15) is 4.79 Å². The van der Waals surface area contributed by atoms with Crippen molar-refractivity contribution >= 4 is 22.7 Å². The number of carbonyl (C=O) groups excluding carboxylic acids is 1. The van der Waals surface area contributed by atoms with Crippen LogP contribution in [0.2, 0.25) is 0 Å². The Morgan fingerprint density at radius 3 is 2.62 bits per heavy atom. The lowest BCUT2D eigenvalue weighted by Gasteiger charge is -2.11. The molecule has 0 aliphatic carbocycles. The molecule has 5 heteroatoms. The summed E-state index contributed by atoms with van der Waals surface area (Å²) in [6, 6.07) is 19.1. The lowest BCUT2D eigenvalue weighted by molar-refractivity contribution is -0.118. The molecule has 0 fully saturated rings. The Morgan fingerprint density at radius 2 is 1.79 bits per heavy atom. The third kappa shape index (κ3) is 3.99. The smallest absolute Gasteiger partial charge is 0.262 e. The number of anilines is 1. The minimum Gasteiger partial charge on any atom is -0.483 e. The standard InChI is InChI=1S/C24H22N2O3/c1-15-8-6-10-21(17(15)3)28-14-23(27)25-18-11-12-22-20(13-18)26-24(29-22)19-9-5-4-7-16(19)2/h4-13H,14H2,1-3H3,(H,25,27). The lowest BCUT2D eigenvalue weighted by atomic mass is 10.1. The lowest BCUT2D eigenvalue weighted by Crippen LogP contribution is -2.20. The molecule has 29 heavy (non-hydrogen) atoms. The number of nitrogens with zero attached hydrogens (tertiary/aromatic N) is 1. The van der Waals surface area contributed by atoms with Gasteiger partial charge in [-0.3, -0.25) is 4.79 Å². The molecule has 4 aromatic rings. The summed E-state index contributed by atoms with van der Waals surface area (Å²) in [4.78, 5) is 16.9. The number of amides is 1. The summed E-state index contributed by atoms with van der Waals surface area (Å²) >= 11 is 0. The molecule has 0 unspecified atom stereocenters. The van der Waals surface area contributed by atoms with E-state index >= 15 is 0 Å². The second-order valence-electron chi connectivity index (χ2n) is 7.05. The quantitative estimate of drug-likeness (QED) is 0.496. The number of fused-ring (bicyclic) bond motifs is 1. The monoisotopic (exact) mass is 386 g/mol. The molecule has 0 radical (unpaired) electrons. The van der Waals surface area contributed by atoms with E-state index in [1.54, 1.807) is 12.1 Å². The molecule has 0 aliphatic rings. The van der Waals surface area contributed by atoms with Gasteiger partial charge in [0.25, 0.3) is 5.91 Å². The molecule has 1 amide bonds. The third-order valence-corrected chi connectivity index (χ3v) is 4.96. The van der Waals surface area contributed by atoms with Gasteiger partial charge in [-0.15, -0.1) is 0 Å². The maximum absolute atomic E-state index is 12.3. The minimum absolute atomic E-state index is 0.0599. The van der Waals surface area contributed by atoms with Crippen molar-refractivity contribution in [3.63, 3.8) is 0 Å². The van der Waals surface area contributed by atoms with E-state index in [4.69, 9.17) is 9.15 Å². The first-order valence-electron chi connectivity index (χ1n) is 9.47. The van der Waals surface area contributed by atoms with E-state index in [0.29, 0.717) is 22.7 Å². The summed E-state index contributed by atoms with van der Waals surface area (Å²) in [6.45, 7) is 5.95. The molecule has 0 atom stereocenters. The molecule has 0 saturated heterocycles. The number of nitrogens with one attached hydrogen (secondary N) is 1. The van der Waals surface area contributed by atoms with Crippen molar-refractivity contribution in [2.75, 3.05) is 11.9 Å². The molecule has 1 heterocycles. The third-order valence-electron chi connectivity index (χ3n) is 4.96. The number of hydrogen-bond donors (Lipinski definition) is 1. The molecule has 5 nitrogen and oxygen atoms in total. The van der Waals surface area contributed by atoms with Crippen LogP contribution < -0.4 is 10.1 Å². The zero-order valence-corrected chi connectivity index (χ0v) is 16.7. The van der Waals surface area contributed by atoms with Crippen molar-refractivity contribution in [2.45, 2.75) is 20.8 Å². The Balaban J connectivity index is 1.47. The highest BCUT2D eigenvalue weighted by Gasteiger charge is 2.12. The van der Waals surface area contributed by atoms with E-state index in [-0.39, 0.29) is 12.5 Å². The Kier molecular flexibility index (Phi) is 5.04. The maximum Gasteiger partial charge on any atom is 0.262 e. The van der Waals surface area contributed by atoms with Crippen molar-refractivity contribution in [3.8, 4) is 17.2 Å². The highest BCUT2D eigenvalue weighted by atomic mass is 16.5. The van der Waals surface area contributed by atoms with Gasteiger partial charge < -0.3 is 14.5 Å². The van der Waals surface area contributed by atoms with Crippen molar-refractivity contribution in [3.05, 3.63) is 77.4 Å². The number of hydrogen-bond acceptors (Lipinski definition) is 4. The summed E-state index contributed by atoms with van der Waals surface area (Å²) in [5.41, 5.74) is 6.23. The van der Waals surface area contributed by atoms with Crippen LogP contribution in [0.4, 0.5) is 5.69 Å². The molecule has 0 spiro atoms. The number of oxazole rings is 1. The highest BCUT2D eigenvalue weighted by Crippen LogP contribution is 2.28. The van der Waals surface area contributed by atoms with Crippen LogP contribution in [-0.2, 0) is 4.79 Å². The Hall–Kier alpha value is -3.60. The van der Waals surface area contributed by atoms with Gasteiger partial charge in [0.05, 0.1) is 0 Å². The minimum atomic E-state index is -0.229. The fourth-order valence-electron chi connectivity index (χ4n) is 3.15. The number of rotatable bonds is 5. The van der Waals surface area contributed by atoms with Gasteiger partial charge >= 0.3 is 0 Å². The van der Waals surface area contributed by atoms with Gasteiger partial charge in [-0.25, -0.2) is 4.98 Å². The first-order valence-corrected chi connectivity index (χ1v) is 9.47. The molecular formula is C24H22N2O3. The van der Waals surface area contributed by atoms with E-state index in [2.05, 4.69) is 10.3 Å². The molecule has 146 valence electrons. The fraction of sp³-hybridized carbons (Fsp3) is 0.167. The van der Waals surface area contributed by atoms with Crippen LogP contribution in [0.15, 0.2) is 65.1 Å². The van der Waals surface area contributed by atoms with E-state index in [0.717, 1.165) is 28.0 Å². The summed E-state index contributed by atoms with van der Waals surface area (Å²) in [5.74, 6) is 1.06. The number of benzene rings is 3. The summed E-state index contributed by atoms with van der Waals surface area (Å²) in [6.07, 6.45) is 0. The number of ether oxygens (including phenoxy) is 1. The van der Waals surface area contributed by atoms with Crippen LogP contribution in [0, 0.1) is 20.8 Å². The average molecular weight is 386 g/mol. The number of aromatic nitrogens is 1. The van der Waals surface area contributed by atoms with Crippen LogP contribution in [0.25, 0.3) is 22.6 Å². The molecule has 3 aromatic carbocycles. The SMILES string of the molecule is Cc1ccccc1-c1nc2cc(NC(=O)COc3cccc(C)c3C)ccc2o1. The van der Waals surface area contributed by atoms with Gasteiger partial charge in [-0.05, 0) is 67.8 Å². The van der Waals surface area contributed by atoms with Crippen LogP contribution in [0.1, 0.15) is 16.7 Å². The van der Waals surface area contributed by atoms with E-state index in [1.165, 1.54) is 0 Å². The fourth-order valence-corrected chi connectivity index (χ4v) is 3.15. The van der Waals surface area contributed by atoms with Gasteiger partial charge in [0.1, 0.15) is 11.3 Å². The van der Waals surface area contributed by atoms with Crippen molar-refractivity contribution in [2.24, 2.45) is 0 Å². The number of aryl methyl sites for hydroxylation is 2. The van der Waals surface area contributed by atoms with Crippen molar-refractivity contribution in [1.29, 1.82) is 0 Å². The predicted molar refractivity (Wildman–Crippen MR) is 114 cm³/mol. The topological polar surface area (TPSA) is 64.4 Å². The largest absolute Gasteiger partial charge is 0.483 e. The molecule has 0 saturated carbocycles. The van der Waals surface area contributed by atoms with Gasteiger partial charge in [0.15, 0.2) is 12.2 Å². The number of carbonyl (C=O) groups is 1. The molecule has 1 N–H and O–H groups in total. The summed E-state index contributed by atoms with van der Waals surface area (Å²) in [5, 5.41) is 2.85. The van der Waals surface area contributed by atoms with Gasteiger partial charge in [-0.1, -0.05) is 30.3 Å². The first-order chi connectivity index (χ1) is 14.0. The van der Waals surface area contributed by atoms with Gasteiger partial charge in [0.2, 0.25) is 5.89 Å². The van der Waals surface area contributed by atoms with Crippen LogP contribution >= 0.6 is 0 Å². The zero-order valence-electron chi connectivity index (χ0n) is 16.7. The van der Waals surface area contributed by atoms with Crippen molar-refractivity contribution in [1.82, 2.24) is 4.98 Å². The zero-order chi connectivity index (χ0) is 20.4. The Labute approximate surface area is 169 Å².